The zero-order chi connectivity index (χ0) is 20.7. The predicted octanol–water partition coefficient (Wildman–Crippen LogP) is 5.96. The molecule has 3 heteroatoms. The molecule has 0 spiro atoms. The SMILES string of the molecule is CC.CC.CC.CC.CC1=CC=C(N(C)CCN(C)CCCO)CC1. The van der Waals surface area contributed by atoms with Gasteiger partial charge in [-0.05, 0) is 39.3 Å². The summed E-state index contributed by atoms with van der Waals surface area (Å²) in [7, 11) is 4.28. The van der Waals surface area contributed by atoms with Crippen molar-refractivity contribution in [2.24, 2.45) is 0 Å². The molecule has 0 saturated heterocycles. The van der Waals surface area contributed by atoms with Gasteiger partial charge in [0.2, 0.25) is 0 Å². The summed E-state index contributed by atoms with van der Waals surface area (Å²) in [5.74, 6) is 0. The molecule has 0 fully saturated rings. The van der Waals surface area contributed by atoms with Gasteiger partial charge in [-0.15, -0.1) is 0 Å². The Labute approximate surface area is 160 Å². The van der Waals surface area contributed by atoms with Crippen LogP contribution in [0.1, 0.15) is 81.6 Å². The second-order valence-corrected chi connectivity index (χ2v) is 4.97. The lowest BCUT2D eigenvalue weighted by molar-refractivity contribution is 0.234. The molecule has 1 rings (SSSR count). The normalized spacial score (nSPS) is 11.7. The number of rotatable bonds is 7. The highest BCUT2D eigenvalue weighted by Crippen LogP contribution is 2.19. The third-order valence-electron chi connectivity index (χ3n) is 3.34. The highest BCUT2D eigenvalue weighted by Gasteiger charge is 2.08. The number of aliphatic hydroxyl groups excluding tert-OH is 1. The Kier molecular flexibility index (Phi) is 35.8. The highest BCUT2D eigenvalue weighted by atomic mass is 16.3. The molecule has 1 aliphatic rings. The van der Waals surface area contributed by atoms with E-state index in [2.05, 4.69) is 43.0 Å². The number of likely N-dealkylation sites (N-methyl/N-ethyl adjacent to an activating group) is 2. The minimum Gasteiger partial charge on any atom is -0.396 e. The van der Waals surface area contributed by atoms with E-state index in [9.17, 15) is 0 Å². The van der Waals surface area contributed by atoms with E-state index in [-0.39, 0.29) is 6.61 Å². The summed E-state index contributed by atoms with van der Waals surface area (Å²) in [4.78, 5) is 4.62. The summed E-state index contributed by atoms with van der Waals surface area (Å²) < 4.78 is 0. The maximum atomic E-state index is 8.77. The lowest BCUT2D eigenvalue weighted by Gasteiger charge is -2.27. The van der Waals surface area contributed by atoms with Crippen LogP contribution in [0.4, 0.5) is 0 Å². The smallest absolute Gasteiger partial charge is 0.0443 e. The monoisotopic (exact) mass is 358 g/mol. The summed E-state index contributed by atoms with van der Waals surface area (Å²) in [5, 5.41) is 8.77. The van der Waals surface area contributed by atoms with Gasteiger partial charge in [-0.3, -0.25) is 0 Å². The van der Waals surface area contributed by atoms with E-state index in [1.165, 1.54) is 24.1 Å². The first-order valence-electron chi connectivity index (χ1n) is 10.5. The maximum absolute atomic E-state index is 8.77. The number of nitrogens with zero attached hydrogens (tertiary/aromatic N) is 2. The van der Waals surface area contributed by atoms with Crippen molar-refractivity contribution in [2.75, 3.05) is 40.3 Å². The molecule has 0 aliphatic heterocycles. The van der Waals surface area contributed by atoms with Crippen molar-refractivity contribution in [1.29, 1.82) is 0 Å². The van der Waals surface area contributed by atoms with Crippen LogP contribution in [0.2, 0.25) is 0 Å². The van der Waals surface area contributed by atoms with Crippen LogP contribution in [0.5, 0.6) is 0 Å². The first-order valence-corrected chi connectivity index (χ1v) is 10.5. The average molecular weight is 359 g/mol. The topological polar surface area (TPSA) is 26.7 Å². The molecule has 0 amide bonds. The van der Waals surface area contributed by atoms with Crippen LogP contribution >= 0.6 is 0 Å². The van der Waals surface area contributed by atoms with Gasteiger partial charge in [-0.1, -0.05) is 67.0 Å². The minimum absolute atomic E-state index is 0.287. The molecule has 3 nitrogen and oxygen atoms in total. The third-order valence-corrected chi connectivity index (χ3v) is 3.34. The summed E-state index contributed by atoms with van der Waals surface area (Å²) in [6.45, 7) is 21.6. The molecular weight excluding hydrogens is 308 g/mol. The zero-order valence-corrected chi connectivity index (χ0v) is 19.4. The number of hydrogen-bond acceptors (Lipinski definition) is 3. The Morgan fingerprint density at radius 2 is 1.32 bits per heavy atom. The molecule has 154 valence electrons. The van der Waals surface area contributed by atoms with Crippen LogP contribution in [0.25, 0.3) is 0 Å². The van der Waals surface area contributed by atoms with Crippen molar-refractivity contribution in [3.05, 3.63) is 23.4 Å². The lowest BCUT2D eigenvalue weighted by Crippen LogP contribution is -2.31. The fourth-order valence-electron chi connectivity index (χ4n) is 1.97. The second kappa shape index (κ2) is 28.0. The fraction of sp³-hybridized carbons (Fsp3) is 0.818. The van der Waals surface area contributed by atoms with Crippen molar-refractivity contribution in [1.82, 2.24) is 9.80 Å². The molecule has 1 N–H and O–H groups in total. The lowest BCUT2D eigenvalue weighted by atomic mass is 10.0. The molecular formula is C22H50N2O. The number of allylic oxidation sites excluding steroid dienone is 4. The summed E-state index contributed by atoms with van der Waals surface area (Å²) in [6.07, 6.45) is 7.69. The van der Waals surface area contributed by atoms with Gasteiger partial charge >= 0.3 is 0 Å². The maximum Gasteiger partial charge on any atom is 0.0443 e. The Morgan fingerprint density at radius 1 is 0.800 bits per heavy atom. The Bertz CT molecular complexity index is 286. The standard InChI is InChI=1S/C14H26N2O.4C2H6/c1-13-5-7-14(8-6-13)16(3)11-10-15(2)9-4-12-17;4*1-2/h5,7,17H,4,6,8-12H2,1-3H3;4*1-2H3. The molecule has 0 saturated carbocycles. The molecule has 0 heterocycles. The van der Waals surface area contributed by atoms with Crippen molar-refractivity contribution in [3.8, 4) is 0 Å². The number of hydrogen-bond donors (Lipinski definition) is 1. The first kappa shape index (κ1) is 31.9. The van der Waals surface area contributed by atoms with E-state index < -0.39 is 0 Å². The Morgan fingerprint density at radius 3 is 1.72 bits per heavy atom. The largest absolute Gasteiger partial charge is 0.396 e. The van der Waals surface area contributed by atoms with E-state index in [1.54, 1.807) is 0 Å². The summed E-state index contributed by atoms with van der Waals surface area (Å²) in [5.41, 5.74) is 2.91. The number of aliphatic hydroxyl groups is 1. The van der Waals surface area contributed by atoms with Crippen LogP contribution in [0.3, 0.4) is 0 Å². The van der Waals surface area contributed by atoms with E-state index in [0.717, 1.165) is 26.1 Å². The summed E-state index contributed by atoms with van der Waals surface area (Å²) >= 11 is 0. The molecule has 0 radical (unpaired) electrons. The van der Waals surface area contributed by atoms with Crippen LogP contribution in [0, 0.1) is 0 Å². The molecule has 1 aliphatic carbocycles. The molecule has 0 aromatic rings. The molecule has 0 atom stereocenters. The van der Waals surface area contributed by atoms with Crippen molar-refractivity contribution in [3.63, 3.8) is 0 Å². The van der Waals surface area contributed by atoms with Gasteiger partial charge in [0.05, 0.1) is 0 Å². The van der Waals surface area contributed by atoms with Gasteiger partial charge in [0.1, 0.15) is 0 Å². The van der Waals surface area contributed by atoms with Crippen LogP contribution in [-0.2, 0) is 0 Å². The van der Waals surface area contributed by atoms with Gasteiger partial charge < -0.3 is 14.9 Å². The first-order chi connectivity index (χ1) is 12.1. The van der Waals surface area contributed by atoms with Crippen molar-refractivity contribution >= 4 is 0 Å². The third kappa shape index (κ3) is 21.2. The fourth-order valence-corrected chi connectivity index (χ4v) is 1.97. The average Bonchev–Trinajstić information content (AvgIpc) is 2.71. The van der Waals surface area contributed by atoms with Crippen molar-refractivity contribution in [2.45, 2.75) is 81.6 Å². The highest BCUT2D eigenvalue weighted by molar-refractivity contribution is 5.21. The minimum atomic E-state index is 0.287. The van der Waals surface area contributed by atoms with E-state index >= 15 is 0 Å². The van der Waals surface area contributed by atoms with Gasteiger partial charge in [-0.25, -0.2) is 0 Å². The Balaban J connectivity index is -0.000000241. The zero-order valence-electron chi connectivity index (χ0n) is 19.4. The Hall–Kier alpha value is -0.800. The molecule has 0 aromatic heterocycles. The van der Waals surface area contributed by atoms with E-state index in [1.807, 2.05) is 55.4 Å². The molecule has 25 heavy (non-hydrogen) atoms. The van der Waals surface area contributed by atoms with E-state index in [0.29, 0.717) is 0 Å². The van der Waals surface area contributed by atoms with Gasteiger partial charge in [-0.2, -0.15) is 0 Å². The molecule has 0 unspecified atom stereocenters. The molecule has 0 bridgehead atoms. The quantitative estimate of drug-likeness (QED) is 0.608. The van der Waals surface area contributed by atoms with Crippen LogP contribution < -0.4 is 0 Å². The second-order valence-electron chi connectivity index (χ2n) is 4.97. The van der Waals surface area contributed by atoms with Crippen LogP contribution in [-0.4, -0.2) is 55.2 Å². The molecule has 0 aromatic carbocycles. The van der Waals surface area contributed by atoms with E-state index in [4.69, 9.17) is 5.11 Å². The van der Waals surface area contributed by atoms with Crippen molar-refractivity contribution < 1.29 is 5.11 Å². The predicted molar refractivity (Wildman–Crippen MR) is 118 cm³/mol. The van der Waals surface area contributed by atoms with Crippen LogP contribution in [0.15, 0.2) is 23.4 Å². The van der Waals surface area contributed by atoms with Gasteiger partial charge in [0.15, 0.2) is 0 Å². The summed E-state index contributed by atoms with van der Waals surface area (Å²) in [6, 6.07) is 0. The van der Waals surface area contributed by atoms with Gasteiger partial charge in [0.25, 0.3) is 0 Å². The van der Waals surface area contributed by atoms with Gasteiger partial charge in [0, 0.05) is 39.0 Å².